The highest BCUT2D eigenvalue weighted by atomic mass is 32.2. The van der Waals surface area contributed by atoms with E-state index in [1.54, 1.807) is 35.3 Å². The Bertz CT molecular complexity index is 997. The summed E-state index contributed by atoms with van der Waals surface area (Å²) in [5, 5.41) is 30.8. The Morgan fingerprint density at radius 2 is 0.846 bits per heavy atom. The van der Waals surface area contributed by atoms with Gasteiger partial charge in [0.15, 0.2) is 20.7 Å². The van der Waals surface area contributed by atoms with Crippen molar-refractivity contribution in [1.82, 2.24) is 0 Å². The van der Waals surface area contributed by atoms with Crippen LogP contribution >= 0.6 is 82.3 Å². The first-order valence-corrected chi connectivity index (χ1v) is 18.5. The summed E-state index contributed by atoms with van der Waals surface area (Å²) in [6, 6.07) is 17.0. The molecule has 212 valence electrons. The predicted octanol–water partition coefficient (Wildman–Crippen LogP) is 5.89. The van der Waals surface area contributed by atoms with Gasteiger partial charge in [-0.3, -0.25) is 21.6 Å². The Labute approximate surface area is 260 Å². The van der Waals surface area contributed by atoms with Crippen molar-refractivity contribution in [2.24, 2.45) is 22.9 Å². The first-order chi connectivity index (χ1) is 18.6. The van der Waals surface area contributed by atoms with Gasteiger partial charge in [0.25, 0.3) is 0 Å². The van der Waals surface area contributed by atoms with E-state index in [1.807, 2.05) is 0 Å². The van der Waals surface area contributed by atoms with Crippen molar-refractivity contribution in [3.63, 3.8) is 0 Å². The summed E-state index contributed by atoms with van der Waals surface area (Å²) in [4.78, 5) is 2.28. The lowest BCUT2D eigenvalue weighted by molar-refractivity contribution is 1.11. The average molecular weight is 659 g/mol. The lowest BCUT2D eigenvalue weighted by Gasteiger charge is -2.17. The van der Waals surface area contributed by atoms with E-state index < -0.39 is 0 Å². The van der Waals surface area contributed by atoms with Crippen LogP contribution in [-0.4, -0.2) is 55.2 Å². The zero-order chi connectivity index (χ0) is 28.6. The van der Waals surface area contributed by atoms with E-state index in [-0.39, 0.29) is 31.2 Å². The number of nitrogens with two attached hydrogens (primary N) is 4. The van der Waals surface area contributed by atoms with E-state index in [0.717, 1.165) is 32.8 Å². The fraction of sp³-hybridized carbons (Fsp3) is 0.333. The third-order valence-corrected chi connectivity index (χ3v) is 12.4. The molecule has 0 heterocycles. The van der Waals surface area contributed by atoms with Gasteiger partial charge in [0.05, 0.1) is 0 Å². The van der Waals surface area contributed by atoms with Gasteiger partial charge in [-0.1, -0.05) is 83.1 Å². The molecular weight excluding hydrogens is 625 g/mol. The summed E-state index contributed by atoms with van der Waals surface area (Å²) in [6.07, 6.45) is 0. The van der Waals surface area contributed by atoms with E-state index in [9.17, 15) is 0 Å². The normalized spacial score (nSPS) is 12.5. The third-order valence-electron chi connectivity index (χ3n) is 4.84. The monoisotopic (exact) mass is 658 g/mol. The number of hydrogen-bond acceptors (Lipinski definition) is 11. The summed E-state index contributed by atoms with van der Waals surface area (Å²) in [7, 11) is 0. The molecule has 12 N–H and O–H groups in total. The third kappa shape index (κ3) is 14.8. The molecule has 15 heteroatoms. The van der Waals surface area contributed by atoms with Crippen LogP contribution in [0.2, 0.25) is 0 Å². The lowest BCUT2D eigenvalue weighted by atomic mass is 10.2. The molecule has 0 amide bonds. The summed E-state index contributed by atoms with van der Waals surface area (Å²) in [5.74, 6) is 4.69. The Morgan fingerprint density at radius 1 is 0.513 bits per heavy atom. The zero-order valence-electron chi connectivity index (χ0n) is 21.2. The predicted molar refractivity (Wildman–Crippen MR) is 185 cm³/mol. The minimum absolute atomic E-state index is 0.116. The number of nitrogens with one attached hydrogen (secondary N) is 4. The fourth-order valence-corrected chi connectivity index (χ4v) is 9.32. The summed E-state index contributed by atoms with van der Waals surface area (Å²) < 4.78 is 0. The molecule has 39 heavy (non-hydrogen) atoms. The fourth-order valence-electron chi connectivity index (χ4n) is 3.13. The molecule has 2 rings (SSSR count). The van der Waals surface area contributed by atoms with Crippen LogP contribution in [0, 0.1) is 21.6 Å². The summed E-state index contributed by atoms with van der Waals surface area (Å²) in [5.41, 5.74) is 24.4. The smallest absolute Gasteiger partial charge is 0.151 e. The van der Waals surface area contributed by atoms with Crippen LogP contribution in [0.15, 0.2) is 58.3 Å². The number of rotatable bonds is 16. The van der Waals surface area contributed by atoms with E-state index >= 15 is 0 Å². The van der Waals surface area contributed by atoms with Crippen molar-refractivity contribution < 1.29 is 0 Å². The maximum atomic E-state index is 7.57. The largest absolute Gasteiger partial charge is 0.379 e. The minimum atomic E-state index is 0.116. The van der Waals surface area contributed by atoms with Gasteiger partial charge >= 0.3 is 0 Å². The SMILES string of the molecule is N=C(N)SCCSC(CSC(=N)N)c1ccc(Sc2ccc(C(CSC(=N)N)SCCSC(=N)N)cc2)cc1. The quantitative estimate of drug-likeness (QED) is 0.0607. The molecule has 2 unspecified atom stereocenters. The molecule has 2 aromatic carbocycles. The average Bonchev–Trinajstić information content (AvgIpc) is 2.88. The van der Waals surface area contributed by atoms with Crippen LogP contribution in [0.5, 0.6) is 0 Å². The molecule has 8 nitrogen and oxygen atoms in total. The summed E-state index contributed by atoms with van der Waals surface area (Å²) >= 11 is 10.7. The topological polar surface area (TPSA) is 199 Å². The van der Waals surface area contributed by atoms with E-state index in [4.69, 9.17) is 44.6 Å². The Morgan fingerprint density at radius 3 is 1.15 bits per heavy atom. The van der Waals surface area contributed by atoms with Crippen LogP contribution < -0.4 is 22.9 Å². The van der Waals surface area contributed by atoms with Crippen molar-refractivity contribution in [2.45, 2.75) is 20.3 Å². The molecule has 0 radical (unpaired) electrons. The van der Waals surface area contributed by atoms with Crippen LogP contribution in [0.25, 0.3) is 0 Å². The van der Waals surface area contributed by atoms with E-state index in [0.29, 0.717) is 11.5 Å². The van der Waals surface area contributed by atoms with Gasteiger partial charge in [-0.15, -0.1) is 0 Å². The second kappa shape index (κ2) is 19.0. The molecule has 0 aromatic heterocycles. The van der Waals surface area contributed by atoms with Crippen molar-refractivity contribution in [2.75, 3.05) is 34.5 Å². The summed E-state index contributed by atoms with van der Waals surface area (Å²) in [6.45, 7) is 0. The molecule has 0 aliphatic heterocycles. The van der Waals surface area contributed by atoms with E-state index in [2.05, 4.69) is 48.5 Å². The van der Waals surface area contributed by atoms with Crippen LogP contribution in [0.4, 0.5) is 0 Å². The molecule has 0 spiro atoms. The lowest BCUT2D eigenvalue weighted by Crippen LogP contribution is -2.09. The Hall–Kier alpha value is -1.23. The van der Waals surface area contributed by atoms with Gasteiger partial charge in [-0.2, -0.15) is 23.5 Å². The van der Waals surface area contributed by atoms with Crippen molar-refractivity contribution >= 4 is 103 Å². The molecule has 0 fully saturated rings. The van der Waals surface area contributed by atoms with Crippen LogP contribution in [0.1, 0.15) is 21.6 Å². The van der Waals surface area contributed by atoms with Crippen molar-refractivity contribution in [3.05, 3.63) is 59.7 Å². The maximum absolute atomic E-state index is 7.57. The van der Waals surface area contributed by atoms with Gasteiger partial charge in [0.2, 0.25) is 0 Å². The van der Waals surface area contributed by atoms with E-state index in [1.165, 1.54) is 58.2 Å². The highest BCUT2D eigenvalue weighted by molar-refractivity contribution is 8.16. The molecule has 0 bridgehead atoms. The number of benzene rings is 2. The molecule has 2 aromatic rings. The molecule has 2 atom stereocenters. The zero-order valence-corrected chi connectivity index (χ0v) is 26.9. The second-order valence-electron chi connectivity index (χ2n) is 7.73. The highest BCUT2D eigenvalue weighted by Crippen LogP contribution is 2.37. The van der Waals surface area contributed by atoms with Crippen LogP contribution in [0.3, 0.4) is 0 Å². The van der Waals surface area contributed by atoms with Gasteiger partial charge in [-0.25, -0.2) is 0 Å². The molecule has 0 aliphatic rings. The van der Waals surface area contributed by atoms with Gasteiger partial charge in [0, 0.05) is 54.8 Å². The second-order valence-corrected chi connectivity index (χ2v) is 15.9. The minimum Gasteiger partial charge on any atom is -0.379 e. The Kier molecular flexibility index (Phi) is 16.5. The van der Waals surface area contributed by atoms with Crippen LogP contribution in [-0.2, 0) is 0 Å². The Balaban J connectivity index is 2.01. The van der Waals surface area contributed by atoms with Gasteiger partial charge in [0.1, 0.15) is 0 Å². The van der Waals surface area contributed by atoms with Gasteiger partial charge < -0.3 is 22.9 Å². The van der Waals surface area contributed by atoms with Crippen molar-refractivity contribution in [3.8, 4) is 0 Å². The molecule has 0 saturated heterocycles. The maximum Gasteiger partial charge on any atom is 0.151 e. The highest BCUT2D eigenvalue weighted by Gasteiger charge is 2.15. The number of amidine groups is 4. The first-order valence-electron chi connectivity index (χ1n) is 11.6. The standard InChI is InChI=1S/C24H34N8S7/c25-21(26)35-11-9-33-19(13-37-23(29)30)15-1-5-17(6-2-15)39-18-7-3-16(4-8-18)20(14-38-24(31)32)34-10-12-36-22(27)28/h1-8,19-20H,9-14H2,(H3,25,26)(H3,27,28)(H3,29,30)(H3,31,32). The molecule has 0 saturated carbocycles. The van der Waals surface area contributed by atoms with Crippen molar-refractivity contribution in [1.29, 1.82) is 21.6 Å². The van der Waals surface area contributed by atoms with Gasteiger partial charge in [-0.05, 0) is 35.4 Å². The molecular formula is C24H34N8S7. The molecule has 0 aliphatic carbocycles. The number of hydrogen-bond donors (Lipinski definition) is 8. The number of thioether (sulfide) groups is 6. The first kappa shape index (κ1) is 34.0.